The summed E-state index contributed by atoms with van der Waals surface area (Å²) < 4.78 is 10.3. The van der Waals surface area contributed by atoms with E-state index >= 15 is 0 Å². The van der Waals surface area contributed by atoms with E-state index in [2.05, 4.69) is 22.8 Å². The van der Waals surface area contributed by atoms with Crippen molar-refractivity contribution < 1.29 is 14.4 Å². The van der Waals surface area contributed by atoms with E-state index in [-0.39, 0.29) is 17.0 Å². The smallest absolute Gasteiger partial charge is 0.282 e. The number of methoxy groups -OCH3 is 2. The molecule has 1 fully saturated rings. The zero-order valence-corrected chi connectivity index (χ0v) is 16.0. The number of hydrogen-bond donors (Lipinski definition) is 2. The first-order chi connectivity index (χ1) is 12.5. The Labute approximate surface area is 158 Å². The van der Waals surface area contributed by atoms with Gasteiger partial charge in [-0.15, -0.1) is 0 Å². The highest BCUT2D eigenvalue weighted by Crippen LogP contribution is 2.33. The predicted octanol–water partition coefficient (Wildman–Crippen LogP) is 2.99. The van der Waals surface area contributed by atoms with Gasteiger partial charge in [0, 0.05) is 6.04 Å². The van der Waals surface area contributed by atoms with Crippen molar-refractivity contribution in [2.45, 2.75) is 38.6 Å². The Morgan fingerprint density at radius 3 is 2.58 bits per heavy atom. The van der Waals surface area contributed by atoms with Crippen LogP contribution in [-0.4, -0.2) is 36.5 Å². The number of rotatable bonds is 6. The lowest BCUT2D eigenvalue weighted by molar-refractivity contribution is -0.385. The van der Waals surface area contributed by atoms with Gasteiger partial charge in [-0.05, 0) is 37.0 Å². The molecule has 1 aromatic rings. The van der Waals surface area contributed by atoms with Gasteiger partial charge in [0.1, 0.15) is 0 Å². The van der Waals surface area contributed by atoms with Crippen molar-refractivity contribution in [1.29, 1.82) is 0 Å². The monoisotopic (exact) mass is 380 g/mol. The molecular formula is C17H24N4O4S. The SMILES string of the molecule is COc1cc(/C=N\NC(=S)N[C@@H]2CCCC[C@@H]2C)c([N+](=O)[O-])cc1OC. The molecule has 2 N–H and O–H groups in total. The number of nitrogens with one attached hydrogen (secondary N) is 2. The van der Waals surface area contributed by atoms with Gasteiger partial charge in [-0.1, -0.05) is 19.8 Å². The molecule has 0 spiro atoms. The second kappa shape index (κ2) is 9.33. The van der Waals surface area contributed by atoms with E-state index < -0.39 is 4.92 Å². The van der Waals surface area contributed by atoms with Crippen LogP contribution >= 0.6 is 12.2 Å². The molecule has 0 aliphatic heterocycles. The molecule has 9 heteroatoms. The third kappa shape index (κ3) is 5.04. The first-order valence-corrected chi connectivity index (χ1v) is 8.87. The topological polar surface area (TPSA) is 98.0 Å². The molecule has 26 heavy (non-hydrogen) atoms. The normalized spacial score (nSPS) is 19.8. The van der Waals surface area contributed by atoms with Gasteiger partial charge >= 0.3 is 0 Å². The van der Waals surface area contributed by atoms with E-state index in [1.807, 2.05) is 0 Å². The van der Waals surface area contributed by atoms with Crippen LogP contribution < -0.4 is 20.2 Å². The van der Waals surface area contributed by atoms with Gasteiger partial charge in [-0.2, -0.15) is 5.10 Å². The van der Waals surface area contributed by atoms with Crippen molar-refractivity contribution in [2.24, 2.45) is 11.0 Å². The summed E-state index contributed by atoms with van der Waals surface area (Å²) in [4.78, 5) is 10.8. The largest absolute Gasteiger partial charge is 0.493 e. The predicted molar refractivity (Wildman–Crippen MR) is 104 cm³/mol. The number of ether oxygens (including phenoxy) is 2. The molecule has 142 valence electrons. The van der Waals surface area contributed by atoms with Crippen molar-refractivity contribution >= 4 is 29.2 Å². The van der Waals surface area contributed by atoms with Crippen molar-refractivity contribution in [3.63, 3.8) is 0 Å². The van der Waals surface area contributed by atoms with Crippen LogP contribution in [-0.2, 0) is 0 Å². The van der Waals surface area contributed by atoms with E-state index in [4.69, 9.17) is 21.7 Å². The van der Waals surface area contributed by atoms with Gasteiger partial charge in [-0.25, -0.2) is 0 Å². The molecule has 1 saturated carbocycles. The first kappa shape index (κ1) is 19.9. The molecule has 0 amide bonds. The minimum atomic E-state index is -0.496. The van der Waals surface area contributed by atoms with Crippen LogP contribution in [0.5, 0.6) is 11.5 Å². The van der Waals surface area contributed by atoms with E-state index in [1.165, 1.54) is 51.8 Å². The highest BCUT2D eigenvalue weighted by Gasteiger charge is 2.22. The van der Waals surface area contributed by atoms with Crippen LogP contribution in [0, 0.1) is 16.0 Å². The van der Waals surface area contributed by atoms with Crippen molar-refractivity contribution in [3.05, 3.63) is 27.8 Å². The molecule has 0 aromatic heterocycles. The van der Waals surface area contributed by atoms with Crippen LogP contribution in [0.4, 0.5) is 5.69 Å². The molecular weight excluding hydrogens is 356 g/mol. The number of nitrogens with zero attached hydrogens (tertiary/aromatic N) is 2. The number of benzene rings is 1. The molecule has 0 saturated heterocycles. The lowest BCUT2D eigenvalue weighted by Crippen LogP contribution is -2.44. The van der Waals surface area contributed by atoms with Gasteiger partial charge in [-0.3, -0.25) is 15.5 Å². The second-order valence-corrected chi connectivity index (χ2v) is 6.64. The maximum absolute atomic E-state index is 11.3. The maximum atomic E-state index is 11.3. The zero-order chi connectivity index (χ0) is 19.1. The molecule has 1 aromatic carbocycles. The summed E-state index contributed by atoms with van der Waals surface area (Å²) in [5.41, 5.74) is 2.88. The highest BCUT2D eigenvalue weighted by atomic mass is 32.1. The lowest BCUT2D eigenvalue weighted by atomic mass is 9.86. The quantitative estimate of drug-likeness (QED) is 0.339. The number of thiocarbonyl (C=S) groups is 1. The minimum absolute atomic E-state index is 0.131. The van der Waals surface area contributed by atoms with Crippen LogP contribution in [0.2, 0.25) is 0 Å². The Balaban J connectivity index is 2.06. The van der Waals surface area contributed by atoms with Crippen LogP contribution in [0.1, 0.15) is 38.2 Å². The molecule has 0 bridgehead atoms. The summed E-state index contributed by atoms with van der Waals surface area (Å²) >= 11 is 5.26. The van der Waals surface area contributed by atoms with Crippen molar-refractivity contribution in [3.8, 4) is 11.5 Å². The molecule has 8 nitrogen and oxygen atoms in total. The number of nitro benzene ring substituents is 1. The summed E-state index contributed by atoms with van der Waals surface area (Å²) in [7, 11) is 2.89. The third-order valence-electron chi connectivity index (χ3n) is 4.53. The number of hydrazone groups is 1. The molecule has 2 atom stereocenters. The second-order valence-electron chi connectivity index (χ2n) is 6.23. The van der Waals surface area contributed by atoms with Crippen LogP contribution in [0.3, 0.4) is 0 Å². The Hall–Kier alpha value is -2.42. The van der Waals surface area contributed by atoms with Gasteiger partial charge in [0.25, 0.3) is 5.69 Å². The Kier molecular flexibility index (Phi) is 7.14. The molecule has 0 radical (unpaired) electrons. The summed E-state index contributed by atoms with van der Waals surface area (Å²) in [6, 6.07) is 3.14. The standard InChI is InChI=1S/C17H24N4O4S/c1-11-6-4-5-7-13(11)19-17(26)20-18-10-12-8-15(24-2)16(25-3)9-14(12)21(22)23/h8-11,13H,4-7H2,1-3H3,(H2,19,20,26)/b18-10-/t11-,13+/m0/s1. The number of nitro groups is 1. The maximum Gasteiger partial charge on any atom is 0.282 e. The van der Waals surface area contributed by atoms with Gasteiger partial charge < -0.3 is 14.8 Å². The molecule has 0 unspecified atom stereocenters. The summed E-state index contributed by atoms with van der Waals surface area (Å²) in [6.45, 7) is 2.20. The Bertz CT molecular complexity index is 696. The molecule has 2 rings (SSSR count). The average molecular weight is 380 g/mol. The van der Waals surface area contributed by atoms with E-state index in [0.717, 1.165) is 6.42 Å². The average Bonchev–Trinajstić information content (AvgIpc) is 2.62. The first-order valence-electron chi connectivity index (χ1n) is 8.46. The Morgan fingerprint density at radius 2 is 1.96 bits per heavy atom. The fraction of sp³-hybridized carbons (Fsp3) is 0.529. The fourth-order valence-corrected chi connectivity index (χ4v) is 3.24. The Morgan fingerprint density at radius 1 is 1.31 bits per heavy atom. The van der Waals surface area contributed by atoms with Gasteiger partial charge in [0.05, 0.1) is 37.0 Å². The zero-order valence-electron chi connectivity index (χ0n) is 15.2. The van der Waals surface area contributed by atoms with Crippen LogP contribution in [0.15, 0.2) is 17.2 Å². The van der Waals surface area contributed by atoms with Gasteiger partial charge in [0.15, 0.2) is 16.6 Å². The fourth-order valence-electron chi connectivity index (χ4n) is 3.04. The summed E-state index contributed by atoms with van der Waals surface area (Å²) in [5, 5.41) is 19.0. The van der Waals surface area contributed by atoms with Crippen molar-refractivity contribution in [2.75, 3.05) is 14.2 Å². The highest BCUT2D eigenvalue weighted by molar-refractivity contribution is 7.80. The summed E-state index contributed by atoms with van der Waals surface area (Å²) in [5.74, 6) is 1.23. The van der Waals surface area contributed by atoms with E-state index in [0.29, 0.717) is 22.8 Å². The van der Waals surface area contributed by atoms with E-state index in [1.54, 1.807) is 0 Å². The minimum Gasteiger partial charge on any atom is -0.493 e. The van der Waals surface area contributed by atoms with Crippen LogP contribution in [0.25, 0.3) is 0 Å². The molecule has 1 aliphatic carbocycles. The van der Waals surface area contributed by atoms with Gasteiger partial charge in [0.2, 0.25) is 0 Å². The number of hydrogen-bond acceptors (Lipinski definition) is 6. The molecule has 1 aliphatic rings. The third-order valence-corrected chi connectivity index (χ3v) is 4.74. The lowest BCUT2D eigenvalue weighted by Gasteiger charge is -2.30. The van der Waals surface area contributed by atoms with E-state index in [9.17, 15) is 10.1 Å². The molecule has 0 heterocycles. The van der Waals surface area contributed by atoms with Crippen molar-refractivity contribution in [1.82, 2.24) is 10.7 Å². The summed E-state index contributed by atoms with van der Waals surface area (Å²) in [6.07, 6.45) is 6.04.